The fourth-order valence-electron chi connectivity index (χ4n) is 3.03. The maximum Gasteiger partial charge on any atom is 0.303 e. The van der Waals surface area contributed by atoms with Crippen molar-refractivity contribution in [1.82, 2.24) is 9.88 Å². The van der Waals surface area contributed by atoms with E-state index in [0.717, 1.165) is 30.1 Å². The number of ether oxygens (including phenoxy) is 1. The van der Waals surface area contributed by atoms with Crippen LogP contribution in [0.3, 0.4) is 0 Å². The van der Waals surface area contributed by atoms with Gasteiger partial charge in [0.25, 0.3) is 0 Å². The van der Waals surface area contributed by atoms with Crippen molar-refractivity contribution in [3.05, 3.63) is 16.1 Å². The SMILES string of the molecule is CCO[C@H](C)c1nc(CC(=O)N2CCC[C@H](CCC(=O)O)C2)cs1. The summed E-state index contributed by atoms with van der Waals surface area (Å²) in [6, 6.07) is 0. The van der Waals surface area contributed by atoms with Gasteiger partial charge in [-0.2, -0.15) is 0 Å². The quantitative estimate of drug-likeness (QED) is 0.776. The van der Waals surface area contributed by atoms with Gasteiger partial charge in [0.2, 0.25) is 5.91 Å². The van der Waals surface area contributed by atoms with E-state index in [1.54, 1.807) is 0 Å². The molecule has 1 aliphatic rings. The van der Waals surface area contributed by atoms with Crippen molar-refractivity contribution < 1.29 is 19.4 Å². The summed E-state index contributed by atoms with van der Waals surface area (Å²) in [6.45, 7) is 5.98. The van der Waals surface area contributed by atoms with E-state index in [1.165, 1.54) is 11.3 Å². The molecule has 2 atom stereocenters. The molecule has 1 aromatic rings. The van der Waals surface area contributed by atoms with Crippen LogP contribution in [-0.4, -0.2) is 46.6 Å². The number of rotatable bonds is 8. The average molecular weight is 354 g/mol. The molecule has 0 saturated carbocycles. The summed E-state index contributed by atoms with van der Waals surface area (Å²) in [4.78, 5) is 29.6. The second-order valence-corrected chi connectivity index (χ2v) is 7.12. The molecule has 2 rings (SSSR count). The molecule has 0 aromatic carbocycles. The Kier molecular flexibility index (Phi) is 7.17. The van der Waals surface area contributed by atoms with E-state index in [0.29, 0.717) is 31.9 Å². The standard InChI is InChI=1S/C17H26N2O4S/c1-3-23-12(2)17-18-14(11-24-17)9-15(20)19-8-4-5-13(10-19)6-7-16(21)22/h11-13H,3-10H2,1-2H3,(H,21,22)/t12-,13-/m1/s1. The van der Waals surface area contributed by atoms with Gasteiger partial charge >= 0.3 is 5.97 Å². The highest BCUT2D eigenvalue weighted by molar-refractivity contribution is 7.09. The third-order valence-corrected chi connectivity index (χ3v) is 5.36. The first-order chi connectivity index (χ1) is 11.5. The lowest BCUT2D eigenvalue weighted by Gasteiger charge is -2.32. The number of piperidine rings is 1. The first-order valence-electron chi connectivity index (χ1n) is 8.55. The Labute approximate surface area is 146 Å². The molecule has 0 spiro atoms. The second-order valence-electron chi connectivity index (χ2n) is 6.23. The third-order valence-electron chi connectivity index (χ3n) is 4.30. The molecule has 0 bridgehead atoms. The highest BCUT2D eigenvalue weighted by atomic mass is 32.1. The minimum Gasteiger partial charge on any atom is -0.481 e. The highest BCUT2D eigenvalue weighted by Gasteiger charge is 2.24. The van der Waals surface area contributed by atoms with Crippen molar-refractivity contribution in [2.45, 2.75) is 52.1 Å². The van der Waals surface area contributed by atoms with Crippen LogP contribution in [0.4, 0.5) is 0 Å². The van der Waals surface area contributed by atoms with Crippen LogP contribution in [0.15, 0.2) is 5.38 Å². The number of thiazole rings is 1. The lowest BCUT2D eigenvalue weighted by molar-refractivity contribution is -0.137. The minimum atomic E-state index is -0.767. The Morgan fingerprint density at radius 1 is 1.54 bits per heavy atom. The smallest absolute Gasteiger partial charge is 0.303 e. The van der Waals surface area contributed by atoms with Crippen LogP contribution in [0.5, 0.6) is 0 Å². The number of hydrogen-bond donors (Lipinski definition) is 1. The molecule has 1 saturated heterocycles. The predicted octanol–water partition coefficient (Wildman–Crippen LogP) is 2.89. The predicted molar refractivity (Wildman–Crippen MR) is 92.0 cm³/mol. The van der Waals surface area contributed by atoms with Crippen molar-refractivity contribution >= 4 is 23.2 Å². The van der Waals surface area contributed by atoms with E-state index in [9.17, 15) is 9.59 Å². The van der Waals surface area contributed by atoms with Gasteiger partial charge in [-0.25, -0.2) is 4.98 Å². The molecular formula is C17H26N2O4S. The zero-order valence-electron chi connectivity index (χ0n) is 14.4. The maximum absolute atomic E-state index is 12.5. The molecule has 0 unspecified atom stereocenters. The summed E-state index contributed by atoms with van der Waals surface area (Å²) in [5.41, 5.74) is 0.791. The Balaban J connectivity index is 1.86. The number of carboxylic acid groups (broad SMARTS) is 1. The van der Waals surface area contributed by atoms with Gasteiger partial charge in [-0.1, -0.05) is 0 Å². The van der Waals surface area contributed by atoms with Crippen molar-refractivity contribution in [2.24, 2.45) is 5.92 Å². The number of likely N-dealkylation sites (tertiary alicyclic amines) is 1. The first-order valence-corrected chi connectivity index (χ1v) is 9.43. The Hall–Kier alpha value is -1.47. The number of carbonyl (C=O) groups is 2. The van der Waals surface area contributed by atoms with E-state index in [-0.39, 0.29) is 18.4 Å². The van der Waals surface area contributed by atoms with Gasteiger partial charge in [0.1, 0.15) is 11.1 Å². The van der Waals surface area contributed by atoms with E-state index >= 15 is 0 Å². The molecule has 134 valence electrons. The van der Waals surface area contributed by atoms with E-state index in [1.807, 2.05) is 24.1 Å². The fourth-order valence-corrected chi connectivity index (χ4v) is 3.86. The molecular weight excluding hydrogens is 328 g/mol. The topological polar surface area (TPSA) is 79.7 Å². The number of amides is 1. The van der Waals surface area contributed by atoms with Gasteiger partial charge in [-0.05, 0) is 39.0 Å². The normalized spacial score (nSPS) is 19.2. The van der Waals surface area contributed by atoms with Crippen LogP contribution in [0, 0.1) is 5.92 Å². The second kappa shape index (κ2) is 9.13. The zero-order valence-corrected chi connectivity index (χ0v) is 15.2. The van der Waals surface area contributed by atoms with Crippen molar-refractivity contribution in [2.75, 3.05) is 19.7 Å². The molecule has 0 radical (unpaired) electrons. The number of carboxylic acids is 1. The maximum atomic E-state index is 12.5. The molecule has 24 heavy (non-hydrogen) atoms. The van der Waals surface area contributed by atoms with Crippen molar-refractivity contribution in [3.63, 3.8) is 0 Å². The monoisotopic (exact) mass is 354 g/mol. The van der Waals surface area contributed by atoms with Crippen LogP contribution in [0.2, 0.25) is 0 Å². The third kappa shape index (κ3) is 5.56. The molecule has 1 fully saturated rings. The summed E-state index contributed by atoms with van der Waals surface area (Å²) >= 11 is 1.53. The molecule has 1 N–H and O–H groups in total. The minimum absolute atomic E-state index is 0.0424. The van der Waals surface area contributed by atoms with Crippen molar-refractivity contribution in [3.8, 4) is 0 Å². The van der Waals surface area contributed by atoms with Gasteiger partial charge in [-0.3, -0.25) is 9.59 Å². The highest BCUT2D eigenvalue weighted by Crippen LogP contribution is 2.24. The average Bonchev–Trinajstić information content (AvgIpc) is 3.02. The van der Waals surface area contributed by atoms with Gasteiger partial charge in [0.15, 0.2) is 0 Å². The largest absolute Gasteiger partial charge is 0.481 e. The first kappa shape index (κ1) is 18.9. The van der Waals surface area contributed by atoms with E-state index in [2.05, 4.69) is 4.98 Å². The lowest BCUT2D eigenvalue weighted by Crippen LogP contribution is -2.40. The number of aliphatic carboxylic acids is 1. The Morgan fingerprint density at radius 2 is 2.33 bits per heavy atom. The Bertz CT molecular complexity index is 561. The zero-order chi connectivity index (χ0) is 17.5. The van der Waals surface area contributed by atoms with Gasteiger partial charge in [0.05, 0.1) is 12.1 Å². The number of carbonyl (C=O) groups excluding carboxylic acids is 1. The molecule has 6 nitrogen and oxygen atoms in total. The van der Waals surface area contributed by atoms with Crippen LogP contribution in [0.25, 0.3) is 0 Å². The summed E-state index contributed by atoms with van der Waals surface area (Å²) in [5, 5.41) is 11.6. The molecule has 7 heteroatoms. The number of aromatic nitrogens is 1. The summed E-state index contributed by atoms with van der Waals surface area (Å²) in [6.07, 6.45) is 3.03. The van der Waals surface area contributed by atoms with E-state index < -0.39 is 5.97 Å². The number of hydrogen-bond acceptors (Lipinski definition) is 5. The van der Waals surface area contributed by atoms with E-state index in [4.69, 9.17) is 9.84 Å². The fraction of sp³-hybridized carbons (Fsp3) is 0.706. The molecule has 1 aliphatic heterocycles. The van der Waals surface area contributed by atoms with Crippen molar-refractivity contribution in [1.29, 1.82) is 0 Å². The van der Waals surface area contributed by atoms with Crippen LogP contribution >= 0.6 is 11.3 Å². The lowest BCUT2D eigenvalue weighted by atomic mass is 9.93. The molecule has 2 heterocycles. The Morgan fingerprint density at radius 3 is 3.04 bits per heavy atom. The molecule has 1 amide bonds. The summed E-state index contributed by atoms with van der Waals surface area (Å²) < 4.78 is 5.53. The molecule has 1 aromatic heterocycles. The van der Waals surface area contributed by atoms with Gasteiger partial charge < -0.3 is 14.7 Å². The van der Waals surface area contributed by atoms with Gasteiger partial charge in [0, 0.05) is 31.5 Å². The molecule has 0 aliphatic carbocycles. The van der Waals surface area contributed by atoms with Crippen LogP contribution < -0.4 is 0 Å². The number of nitrogens with zero attached hydrogens (tertiary/aromatic N) is 2. The van der Waals surface area contributed by atoms with Crippen LogP contribution in [-0.2, 0) is 20.7 Å². The van der Waals surface area contributed by atoms with Gasteiger partial charge in [-0.15, -0.1) is 11.3 Å². The van der Waals surface area contributed by atoms with Crippen LogP contribution in [0.1, 0.15) is 56.3 Å². The summed E-state index contributed by atoms with van der Waals surface area (Å²) in [5.74, 6) is -0.393. The summed E-state index contributed by atoms with van der Waals surface area (Å²) in [7, 11) is 0.